The zero-order valence-corrected chi connectivity index (χ0v) is 14.9. The van der Waals surface area contributed by atoms with E-state index in [1.165, 1.54) is 23.3 Å². The van der Waals surface area contributed by atoms with Gasteiger partial charge in [-0.15, -0.1) is 0 Å². The molecule has 5 nitrogen and oxygen atoms in total. The number of hydrogen-bond donors (Lipinski definition) is 0. The summed E-state index contributed by atoms with van der Waals surface area (Å²) in [7, 11) is 5.37. The SMILES string of the molecule is COc1cc2c(cc1OC)CC(N(C)CC1=CC(=O)C(=O)C=C1)CC2. The van der Waals surface area contributed by atoms with Crippen molar-refractivity contribution in [1.29, 1.82) is 0 Å². The van der Waals surface area contributed by atoms with Crippen LogP contribution in [0.1, 0.15) is 17.5 Å². The van der Waals surface area contributed by atoms with Crippen molar-refractivity contribution in [2.24, 2.45) is 0 Å². The van der Waals surface area contributed by atoms with E-state index in [1.807, 2.05) is 0 Å². The Balaban J connectivity index is 1.72. The van der Waals surface area contributed by atoms with E-state index in [4.69, 9.17) is 9.47 Å². The number of ether oxygens (including phenoxy) is 2. The number of methoxy groups -OCH3 is 2. The van der Waals surface area contributed by atoms with E-state index in [2.05, 4.69) is 24.1 Å². The molecule has 0 spiro atoms. The van der Waals surface area contributed by atoms with Gasteiger partial charge in [-0.25, -0.2) is 0 Å². The molecule has 0 N–H and O–H groups in total. The summed E-state index contributed by atoms with van der Waals surface area (Å²) in [6, 6.07) is 4.52. The summed E-state index contributed by atoms with van der Waals surface area (Å²) in [4.78, 5) is 25.0. The molecule has 0 saturated heterocycles. The smallest absolute Gasteiger partial charge is 0.226 e. The summed E-state index contributed by atoms with van der Waals surface area (Å²) >= 11 is 0. The lowest BCUT2D eigenvalue weighted by Crippen LogP contribution is -2.38. The third kappa shape index (κ3) is 3.66. The second-order valence-corrected chi connectivity index (χ2v) is 6.57. The number of ketones is 2. The minimum absolute atomic E-state index is 0.382. The molecule has 2 aliphatic carbocycles. The van der Waals surface area contributed by atoms with Gasteiger partial charge in [-0.1, -0.05) is 6.08 Å². The molecule has 0 radical (unpaired) electrons. The Morgan fingerprint density at radius 2 is 1.72 bits per heavy atom. The van der Waals surface area contributed by atoms with E-state index in [9.17, 15) is 9.59 Å². The van der Waals surface area contributed by atoms with Gasteiger partial charge in [0, 0.05) is 12.6 Å². The minimum atomic E-state index is -0.445. The van der Waals surface area contributed by atoms with Crippen molar-refractivity contribution in [2.75, 3.05) is 27.8 Å². The van der Waals surface area contributed by atoms with Crippen LogP contribution in [0.3, 0.4) is 0 Å². The molecule has 0 heterocycles. The van der Waals surface area contributed by atoms with Crippen molar-refractivity contribution < 1.29 is 19.1 Å². The predicted molar refractivity (Wildman–Crippen MR) is 95.2 cm³/mol. The van der Waals surface area contributed by atoms with Gasteiger partial charge >= 0.3 is 0 Å². The zero-order chi connectivity index (χ0) is 18.0. The third-order valence-corrected chi connectivity index (χ3v) is 4.97. The monoisotopic (exact) mass is 341 g/mol. The number of nitrogens with zero attached hydrogens (tertiary/aromatic N) is 1. The van der Waals surface area contributed by atoms with Gasteiger partial charge in [-0.2, -0.15) is 0 Å². The van der Waals surface area contributed by atoms with Gasteiger partial charge < -0.3 is 9.47 Å². The molecule has 0 bridgehead atoms. The number of allylic oxidation sites excluding steroid dienone is 2. The van der Waals surface area contributed by atoms with Gasteiger partial charge in [0.25, 0.3) is 0 Å². The Morgan fingerprint density at radius 3 is 2.36 bits per heavy atom. The Labute approximate surface area is 147 Å². The number of fused-ring (bicyclic) bond motifs is 1. The zero-order valence-electron chi connectivity index (χ0n) is 14.9. The highest BCUT2D eigenvalue weighted by atomic mass is 16.5. The molecule has 5 heteroatoms. The summed E-state index contributed by atoms with van der Waals surface area (Å²) in [5.41, 5.74) is 3.46. The first kappa shape index (κ1) is 17.4. The quantitative estimate of drug-likeness (QED) is 0.607. The Morgan fingerprint density at radius 1 is 1.04 bits per heavy atom. The molecule has 3 rings (SSSR count). The first-order valence-corrected chi connectivity index (χ1v) is 8.42. The maximum atomic E-state index is 11.5. The lowest BCUT2D eigenvalue weighted by Gasteiger charge is -2.33. The van der Waals surface area contributed by atoms with E-state index >= 15 is 0 Å². The van der Waals surface area contributed by atoms with Crippen LogP contribution in [0.15, 0.2) is 35.9 Å². The average molecular weight is 341 g/mol. The fraction of sp³-hybridized carbons (Fsp3) is 0.400. The van der Waals surface area contributed by atoms with Gasteiger partial charge in [0.2, 0.25) is 11.6 Å². The second kappa shape index (κ2) is 7.23. The fourth-order valence-corrected chi connectivity index (χ4v) is 3.51. The maximum Gasteiger partial charge on any atom is 0.226 e. The largest absolute Gasteiger partial charge is 0.493 e. The molecule has 0 saturated carbocycles. The third-order valence-electron chi connectivity index (χ3n) is 4.97. The van der Waals surface area contributed by atoms with E-state index in [-0.39, 0.29) is 0 Å². The van der Waals surface area contributed by atoms with Crippen LogP contribution in [-0.2, 0) is 22.4 Å². The molecule has 1 aromatic carbocycles. The maximum absolute atomic E-state index is 11.5. The highest BCUT2D eigenvalue weighted by molar-refractivity contribution is 6.46. The van der Waals surface area contributed by atoms with Gasteiger partial charge in [-0.3, -0.25) is 14.5 Å². The highest BCUT2D eigenvalue weighted by Crippen LogP contribution is 2.35. The van der Waals surface area contributed by atoms with Gasteiger partial charge in [0.05, 0.1) is 14.2 Å². The number of aryl methyl sites for hydroxylation is 1. The summed E-state index contributed by atoms with van der Waals surface area (Å²) in [6.07, 6.45) is 7.50. The standard InChI is InChI=1S/C20H23NO4/c1-21(12-13-4-7-17(22)18(23)8-13)16-6-5-14-10-19(24-2)20(25-3)11-15(14)9-16/h4,7-8,10-11,16H,5-6,9,12H2,1-3H3. The average Bonchev–Trinajstić information content (AvgIpc) is 2.63. The van der Waals surface area contributed by atoms with Crippen LogP contribution in [-0.4, -0.2) is 50.3 Å². The van der Waals surface area contributed by atoms with Crippen LogP contribution < -0.4 is 9.47 Å². The first-order valence-electron chi connectivity index (χ1n) is 8.42. The van der Waals surface area contributed by atoms with Gasteiger partial charge in [0.15, 0.2) is 11.5 Å². The normalized spacial score (nSPS) is 19.7. The van der Waals surface area contributed by atoms with E-state index < -0.39 is 11.6 Å². The number of hydrogen-bond acceptors (Lipinski definition) is 5. The molecule has 1 aromatic rings. The number of benzene rings is 1. The van der Waals surface area contributed by atoms with Crippen LogP contribution in [0.2, 0.25) is 0 Å². The van der Waals surface area contributed by atoms with Gasteiger partial charge in [-0.05, 0) is 67.3 Å². The summed E-state index contributed by atoms with van der Waals surface area (Å²) < 4.78 is 10.8. The van der Waals surface area contributed by atoms with Crippen molar-refractivity contribution in [3.05, 3.63) is 47.1 Å². The number of carbonyl (C=O) groups excluding carboxylic acids is 2. The lowest BCUT2D eigenvalue weighted by molar-refractivity contribution is -0.131. The molecular formula is C20H23NO4. The molecule has 132 valence electrons. The summed E-state index contributed by atoms with van der Waals surface area (Å²) in [5.74, 6) is 0.649. The van der Waals surface area contributed by atoms with E-state index in [0.717, 1.165) is 36.3 Å². The fourth-order valence-electron chi connectivity index (χ4n) is 3.51. The van der Waals surface area contributed by atoms with Gasteiger partial charge in [0.1, 0.15) is 0 Å². The molecular weight excluding hydrogens is 318 g/mol. The highest BCUT2D eigenvalue weighted by Gasteiger charge is 2.25. The molecule has 0 aromatic heterocycles. The molecule has 0 aliphatic heterocycles. The predicted octanol–water partition coefficient (Wildman–Crippen LogP) is 2.13. The minimum Gasteiger partial charge on any atom is -0.493 e. The second-order valence-electron chi connectivity index (χ2n) is 6.57. The van der Waals surface area contributed by atoms with Crippen molar-refractivity contribution in [3.8, 4) is 11.5 Å². The Kier molecular flexibility index (Phi) is 5.04. The molecule has 0 amide bonds. The van der Waals surface area contributed by atoms with Crippen molar-refractivity contribution in [1.82, 2.24) is 4.90 Å². The number of rotatable bonds is 5. The van der Waals surface area contributed by atoms with Crippen LogP contribution in [0, 0.1) is 0 Å². The lowest BCUT2D eigenvalue weighted by atomic mass is 9.87. The molecule has 2 aliphatic rings. The number of carbonyl (C=O) groups is 2. The first-order chi connectivity index (χ1) is 12.0. The van der Waals surface area contributed by atoms with Crippen molar-refractivity contribution in [2.45, 2.75) is 25.3 Å². The molecule has 25 heavy (non-hydrogen) atoms. The molecule has 1 atom stereocenters. The Hall–Kier alpha value is -2.40. The van der Waals surface area contributed by atoms with Crippen molar-refractivity contribution >= 4 is 11.6 Å². The summed E-state index contributed by atoms with van der Waals surface area (Å²) in [5, 5.41) is 0. The van der Waals surface area contributed by atoms with Crippen LogP contribution >= 0.6 is 0 Å². The van der Waals surface area contributed by atoms with E-state index in [0.29, 0.717) is 12.6 Å². The Bertz CT molecular complexity index is 763. The van der Waals surface area contributed by atoms with Crippen LogP contribution in [0.5, 0.6) is 11.5 Å². The topological polar surface area (TPSA) is 55.8 Å². The van der Waals surface area contributed by atoms with Crippen LogP contribution in [0.4, 0.5) is 0 Å². The van der Waals surface area contributed by atoms with Crippen molar-refractivity contribution in [3.63, 3.8) is 0 Å². The van der Waals surface area contributed by atoms with Crippen LogP contribution in [0.25, 0.3) is 0 Å². The van der Waals surface area contributed by atoms with E-state index in [1.54, 1.807) is 20.3 Å². The molecule has 0 fully saturated rings. The molecule has 1 unspecified atom stereocenters. The number of likely N-dealkylation sites (N-methyl/N-ethyl adjacent to an activating group) is 1. The summed E-state index contributed by atoms with van der Waals surface area (Å²) in [6.45, 7) is 0.656.